The second kappa shape index (κ2) is 5.57. The van der Waals surface area contributed by atoms with E-state index in [0.29, 0.717) is 5.69 Å². The molecule has 0 bridgehead atoms. The number of urea groups is 1. The SMILES string of the molecule is O=C1C(=O)N(Cc2cn3ccsc3n2)C(=O)N1Cc1ccccc1. The third kappa shape index (κ3) is 2.37. The standard InChI is InChI=1S/C16H12N4O3S/c21-13-14(22)20(10-12-9-18-6-7-24-15(18)17-12)16(23)19(13)8-11-4-2-1-3-5-11/h1-7,9H,8,10H2. The van der Waals surface area contributed by atoms with Gasteiger partial charge in [0.1, 0.15) is 0 Å². The fourth-order valence-electron chi connectivity index (χ4n) is 2.61. The predicted molar refractivity (Wildman–Crippen MR) is 86.0 cm³/mol. The molecule has 0 N–H and O–H groups in total. The van der Waals surface area contributed by atoms with E-state index in [2.05, 4.69) is 4.98 Å². The van der Waals surface area contributed by atoms with Crippen molar-refractivity contribution in [2.75, 3.05) is 0 Å². The summed E-state index contributed by atoms with van der Waals surface area (Å²) < 4.78 is 1.81. The Kier molecular flexibility index (Phi) is 3.39. The highest BCUT2D eigenvalue weighted by molar-refractivity contribution is 7.15. The molecule has 4 rings (SSSR count). The van der Waals surface area contributed by atoms with Crippen LogP contribution < -0.4 is 0 Å². The van der Waals surface area contributed by atoms with Crippen LogP contribution in [0, 0.1) is 0 Å². The molecule has 1 aromatic carbocycles. The maximum Gasteiger partial charge on any atom is 0.334 e. The van der Waals surface area contributed by atoms with E-state index in [-0.39, 0.29) is 13.1 Å². The lowest BCUT2D eigenvalue weighted by Gasteiger charge is -2.14. The molecule has 2 aromatic heterocycles. The van der Waals surface area contributed by atoms with Crippen molar-refractivity contribution in [1.82, 2.24) is 19.2 Å². The number of amides is 4. The monoisotopic (exact) mass is 340 g/mol. The van der Waals surface area contributed by atoms with E-state index in [9.17, 15) is 14.4 Å². The van der Waals surface area contributed by atoms with Crippen LogP contribution in [0.5, 0.6) is 0 Å². The lowest BCUT2D eigenvalue weighted by molar-refractivity contribution is -0.143. The summed E-state index contributed by atoms with van der Waals surface area (Å²) in [6, 6.07) is 8.48. The van der Waals surface area contributed by atoms with Crippen LogP contribution in [0.2, 0.25) is 0 Å². The summed E-state index contributed by atoms with van der Waals surface area (Å²) in [5, 5.41) is 1.89. The lowest BCUT2D eigenvalue weighted by atomic mass is 10.2. The summed E-state index contributed by atoms with van der Waals surface area (Å²) in [7, 11) is 0. The molecule has 1 aliphatic heterocycles. The normalized spacial score (nSPS) is 15.1. The Hall–Kier alpha value is -3.00. The molecule has 0 unspecified atom stereocenters. The third-order valence-electron chi connectivity index (χ3n) is 3.78. The zero-order valence-electron chi connectivity index (χ0n) is 12.5. The molecular weight excluding hydrogens is 328 g/mol. The molecule has 1 saturated heterocycles. The fraction of sp³-hybridized carbons (Fsp3) is 0.125. The zero-order chi connectivity index (χ0) is 16.7. The second-order valence-electron chi connectivity index (χ2n) is 5.38. The van der Waals surface area contributed by atoms with E-state index in [1.165, 1.54) is 11.3 Å². The maximum atomic E-state index is 12.5. The van der Waals surface area contributed by atoms with Crippen LogP contribution in [0.1, 0.15) is 11.3 Å². The van der Waals surface area contributed by atoms with Crippen LogP contribution in [0.25, 0.3) is 4.96 Å². The number of hydrogen-bond donors (Lipinski definition) is 0. The number of fused-ring (bicyclic) bond motifs is 1. The predicted octanol–water partition coefficient (Wildman–Crippen LogP) is 1.89. The zero-order valence-corrected chi connectivity index (χ0v) is 13.3. The van der Waals surface area contributed by atoms with Gasteiger partial charge in [-0.05, 0) is 5.56 Å². The van der Waals surface area contributed by atoms with Crippen molar-refractivity contribution in [2.24, 2.45) is 0 Å². The Morgan fingerprint density at radius 1 is 0.958 bits per heavy atom. The van der Waals surface area contributed by atoms with Gasteiger partial charge in [-0.15, -0.1) is 11.3 Å². The van der Waals surface area contributed by atoms with Gasteiger partial charge in [-0.2, -0.15) is 0 Å². The summed E-state index contributed by atoms with van der Waals surface area (Å²) in [5.74, 6) is -1.61. The highest BCUT2D eigenvalue weighted by Gasteiger charge is 2.44. The van der Waals surface area contributed by atoms with Gasteiger partial charge >= 0.3 is 17.8 Å². The number of aromatic nitrogens is 2. The van der Waals surface area contributed by atoms with Crippen molar-refractivity contribution < 1.29 is 14.4 Å². The first-order chi connectivity index (χ1) is 11.6. The van der Waals surface area contributed by atoms with Crippen molar-refractivity contribution in [3.8, 4) is 0 Å². The summed E-state index contributed by atoms with van der Waals surface area (Å²) in [5.41, 5.74) is 1.36. The molecule has 7 nitrogen and oxygen atoms in total. The molecule has 1 aliphatic rings. The fourth-order valence-corrected chi connectivity index (χ4v) is 3.33. The van der Waals surface area contributed by atoms with Crippen LogP contribution in [-0.2, 0) is 22.7 Å². The van der Waals surface area contributed by atoms with Gasteiger partial charge in [0.2, 0.25) is 0 Å². The van der Waals surface area contributed by atoms with Gasteiger partial charge in [0, 0.05) is 17.8 Å². The van der Waals surface area contributed by atoms with Crippen molar-refractivity contribution in [1.29, 1.82) is 0 Å². The maximum absolute atomic E-state index is 12.5. The van der Waals surface area contributed by atoms with Gasteiger partial charge in [0.05, 0.1) is 18.8 Å². The summed E-state index contributed by atoms with van der Waals surface area (Å²) in [6.45, 7) is 0.0716. The Morgan fingerprint density at radius 2 is 1.67 bits per heavy atom. The first-order valence-electron chi connectivity index (χ1n) is 7.26. The van der Waals surface area contributed by atoms with Crippen LogP contribution in [0.4, 0.5) is 4.79 Å². The van der Waals surface area contributed by atoms with Crippen LogP contribution >= 0.6 is 11.3 Å². The highest BCUT2D eigenvalue weighted by atomic mass is 32.1. The third-order valence-corrected chi connectivity index (χ3v) is 4.55. The van der Waals surface area contributed by atoms with Crippen molar-refractivity contribution in [3.05, 3.63) is 59.4 Å². The average Bonchev–Trinajstić information content (AvgIpc) is 3.22. The topological polar surface area (TPSA) is 75.0 Å². The lowest BCUT2D eigenvalue weighted by Crippen LogP contribution is -2.32. The van der Waals surface area contributed by atoms with Crippen molar-refractivity contribution in [2.45, 2.75) is 13.1 Å². The van der Waals surface area contributed by atoms with Gasteiger partial charge < -0.3 is 0 Å². The van der Waals surface area contributed by atoms with Gasteiger partial charge in [-0.25, -0.2) is 14.7 Å². The van der Waals surface area contributed by atoms with E-state index < -0.39 is 17.8 Å². The number of rotatable bonds is 4. The molecule has 8 heteroatoms. The van der Waals surface area contributed by atoms with E-state index in [0.717, 1.165) is 20.3 Å². The Labute approximate surface area is 140 Å². The van der Waals surface area contributed by atoms with Gasteiger partial charge in [0.25, 0.3) is 0 Å². The molecule has 0 radical (unpaired) electrons. The summed E-state index contributed by atoms with van der Waals surface area (Å²) in [6.07, 6.45) is 3.59. The molecule has 0 saturated carbocycles. The molecule has 0 aliphatic carbocycles. The largest absolute Gasteiger partial charge is 0.334 e. The van der Waals surface area contributed by atoms with Crippen LogP contribution in [0.3, 0.4) is 0 Å². The number of benzene rings is 1. The van der Waals surface area contributed by atoms with E-state index in [1.54, 1.807) is 18.3 Å². The molecule has 120 valence electrons. The van der Waals surface area contributed by atoms with Gasteiger partial charge in [-0.3, -0.25) is 18.9 Å². The van der Waals surface area contributed by atoms with E-state index >= 15 is 0 Å². The summed E-state index contributed by atoms with van der Waals surface area (Å²) in [4.78, 5) is 43.8. The minimum Gasteiger partial charge on any atom is -0.297 e. The Balaban J connectivity index is 1.55. The number of thiazole rings is 1. The van der Waals surface area contributed by atoms with Gasteiger partial charge in [0.15, 0.2) is 4.96 Å². The highest BCUT2D eigenvalue weighted by Crippen LogP contribution is 2.19. The van der Waals surface area contributed by atoms with Crippen LogP contribution in [0.15, 0.2) is 48.1 Å². The number of imide groups is 2. The first kappa shape index (κ1) is 14.6. The number of imidazole rings is 1. The number of hydrogen-bond acceptors (Lipinski definition) is 5. The van der Waals surface area contributed by atoms with Crippen molar-refractivity contribution >= 4 is 34.1 Å². The quantitative estimate of drug-likeness (QED) is 0.537. The second-order valence-corrected chi connectivity index (χ2v) is 6.25. The van der Waals surface area contributed by atoms with Crippen molar-refractivity contribution in [3.63, 3.8) is 0 Å². The minimum atomic E-state index is -0.813. The molecule has 24 heavy (non-hydrogen) atoms. The molecule has 0 atom stereocenters. The molecule has 4 amide bonds. The number of carbonyl (C=O) groups is 3. The van der Waals surface area contributed by atoms with E-state index in [1.807, 2.05) is 34.2 Å². The first-order valence-corrected chi connectivity index (χ1v) is 8.14. The van der Waals surface area contributed by atoms with Gasteiger partial charge in [-0.1, -0.05) is 30.3 Å². The smallest absolute Gasteiger partial charge is 0.297 e. The number of carbonyl (C=O) groups excluding carboxylic acids is 3. The van der Waals surface area contributed by atoms with Crippen LogP contribution in [-0.4, -0.2) is 37.0 Å². The molecule has 3 heterocycles. The van der Waals surface area contributed by atoms with E-state index in [4.69, 9.17) is 0 Å². The molecule has 1 fully saturated rings. The summed E-state index contributed by atoms with van der Waals surface area (Å²) >= 11 is 1.46. The number of nitrogens with zero attached hydrogens (tertiary/aromatic N) is 4. The molecular formula is C16H12N4O3S. The average molecular weight is 340 g/mol. The Morgan fingerprint density at radius 3 is 2.38 bits per heavy atom. The Bertz CT molecular complexity index is 918. The molecule has 3 aromatic rings. The minimum absolute atomic E-state index is 0.0108. The molecule has 0 spiro atoms.